The molecule has 0 N–H and O–H groups in total. The highest BCUT2D eigenvalue weighted by atomic mass is 16.2. The Morgan fingerprint density at radius 2 is 1.60 bits per heavy atom. The van der Waals surface area contributed by atoms with E-state index in [1.807, 2.05) is 12.2 Å². The van der Waals surface area contributed by atoms with Gasteiger partial charge in [-0.1, -0.05) is 12.2 Å². The van der Waals surface area contributed by atoms with Crippen molar-refractivity contribution in [1.82, 2.24) is 9.80 Å². The number of nitrogens with zero attached hydrogens (tertiary/aromatic N) is 2. The van der Waals surface area contributed by atoms with Crippen molar-refractivity contribution in [2.45, 2.75) is 0 Å². The van der Waals surface area contributed by atoms with Gasteiger partial charge in [0.1, 0.15) is 0 Å². The van der Waals surface area contributed by atoms with Gasteiger partial charge in [-0.05, 0) is 0 Å². The van der Waals surface area contributed by atoms with Gasteiger partial charge in [0, 0.05) is 27.2 Å². The van der Waals surface area contributed by atoms with Gasteiger partial charge in [-0.3, -0.25) is 0 Å². The minimum atomic E-state index is 0.0880. The molecule has 0 bridgehead atoms. The number of amides is 2. The zero-order valence-electron chi connectivity index (χ0n) is 6.37. The summed E-state index contributed by atoms with van der Waals surface area (Å²) in [5.74, 6) is 0. The van der Waals surface area contributed by atoms with Crippen LogP contribution in [0.2, 0.25) is 0 Å². The Morgan fingerprint density at radius 1 is 1.20 bits per heavy atom. The molecule has 0 unspecified atom stereocenters. The van der Waals surface area contributed by atoms with Crippen LogP contribution in [0.1, 0.15) is 0 Å². The number of likely N-dealkylation sites (N-methyl/N-ethyl adjacent to an activating group) is 2. The smallest absolute Gasteiger partial charge is 0.320 e. The van der Waals surface area contributed by atoms with Crippen molar-refractivity contribution in [2.75, 3.05) is 27.2 Å². The van der Waals surface area contributed by atoms with Crippen LogP contribution in [-0.2, 0) is 0 Å². The van der Waals surface area contributed by atoms with Crippen LogP contribution >= 0.6 is 0 Å². The van der Waals surface area contributed by atoms with E-state index in [0.717, 1.165) is 13.1 Å². The van der Waals surface area contributed by atoms with Gasteiger partial charge in [0.05, 0.1) is 0 Å². The summed E-state index contributed by atoms with van der Waals surface area (Å²) in [6.45, 7) is 1.45. The van der Waals surface area contributed by atoms with Crippen molar-refractivity contribution in [1.29, 1.82) is 0 Å². The number of hydrogen-bond acceptors (Lipinski definition) is 1. The minimum absolute atomic E-state index is 0.0880. The molecule has 3 heteroatoms. The third-order valence-corrected chi connectivity index (χ3v) is 1.58. The standard InChI is InChI=1S/C7H12N2O/c1-8-5-3-4-6-9(2)7(8)10/h3-4H,5-6H2,1-2H3. The van der Waals surface area contributed by atoms with E-state index in [1.165, 1.54) is 0 Å². The fraction of sp³-hybridized carbons (Fsp3) is 0.571. The van der Waals surface area contributed by atoms with Crippen molar-refractivity contribution in [3.05, 3.63) is 12.2 Å². The summed E-state index contributed by atoms with van der Waals surface area (Å²) >= 11 is 0. The third-order valence-electron chi connectivity index (χ3n) is 1.58. The van der Waals surface area contributed by atoms with E-state index in [9.17, 15) is 4.79 Å². The van der Waals surface area contributed by atoms with Gasteiger partial charge < -0.3 is 9.80 Å². The first-order valence-corrected chi connectivity index (χ1v) is 3.33. The maximum Gasteiger partial charge on any atom is 0.320 e. The fourth-order valence-corrected chi connectivity index (χ4v) is 0.913. The number of carbonyl (C=O) groups is 1. The molecule has 0 fully saturated rings. The Kier molecular flexibility index (Phi) is 1.94. The average Bonchev–Trinajstić information content (AvgIpc) is 2.04. The predicted molar refractivity (Wildman–Crippen MR) is 39.8 cm³/mol. The SMILES string of the molecule is CN1CC=CCN(C)C1=O. The molecule has 0 radical (unpaired) electrons. The highest BCUT2D eigenvalue weighted by Crippen LogP contribution is 1.98. The van der Waals surface area contributed by atoms with E-state index in [0.29, 0.717) is 0 Å². The first-order valence-electron chi connectivity index (χ1n) is 3.33. The Bertz CT molecular complexity index is 149. The molecule has 1 rings (SSSR count). The van der Waals surface area contributed by atoms with Gasteiger partial charge in [0.25, 0.3) is 0 Å². The molecule has 1 aliphatic rings. The Balaban J connectivity index is 2.65. The Hall–Kier alpha value is -0.990. The lowest BCUT2D eigenvalue weighted by Crippen LogP contribution is -2.37. The van der Waals surface area contributed by atoms with Crippen molar-refractivity contribution >= 4 is 6.03 Å². The summed E-state index contributed by atoms with van der Waals surface area (Å²) in [5.41, 5.74) is 0. The summed E-state index contributed by atoms with van der Waals surface area (Å²) in [5, 5.41) is 0. The monoisotopic (exact) mass is 140 g/mol. The molecule has 0 atom stereocenters. The predicted octanol–water partition coefficient (Wildman–Crippen LogP) is 0.540. The van der Waals surface area contributed by atoms with Crippen molar-refractivity contribution < 1.29 is 4.79 Å². The van der Waals surface area contributed by atoms with Gasteiger partial charge in [-0.25, -0.2) is 4.79 Å². The average molecular weight is 140 g/mol. The number of hydrogen-bond donors (Lipinski definition) is 0. The van der Waals surface area contributed by atoms with Gasteiger partial charge in [0.2, 0.25) is 0 Å². The second-order valence-electron chi connectivity index (χ2n) is 2.52. The van der Waals surface area contributed by atoms with Crippen LogP contribution in [0.15, 0.2) is 12.2 Å². The van der Waals surface area contributed by atoms with E-state index >= 15 is 0 Å². The molecule has 0 aromatic carbocycles. The molecule has 10 heavy (non-hydrogen) atoms. The number of carbonyl (C=O) groups excluding carboxylic acids is 1. The van der Waals surface area contributed by atoms with E-state index in [1.54, 1.807) is 23.9 Å². The third kappa shape index (κ3) is 1.29. The van der Waals surface area contributed by atoms with Crippen LogP contribution in [0.5, 0.6) is 0 Å². The Morgan fingerprint density at radius 3 is 2.00 bits per heavy atom. The molecule has 0 aromatic heterocycles. The molecular formula is C7H12N2O. The lowest BCUT2D eigenvalue weighted by atomic mass is 10.5. The van der Waals surface area contributed by atoms with Crippen molar-refractivity contribution in [3.8, 4) is 0 Å². The largest absolute Gasteiger partial charge is 0.324 e. The van der Waals surface area contributed by atoms with Gasteiger partial charge in [0.15, 0.2) is 0 Å². The highest BCUT2D eigenvalue weighted by molar-refractivity contribution is 5.74. The summed E-state index contributed by atoms with van der Waals surface area (Å²) < 4.78 is 0. The molecule has 0 aromatic rings. The second-order valence-corrected chi connectivity index (χ2v) is 2.52. The summed E-state index contributed by atoms with van der Waals surface area (Å²) in [6, 6.07) is 0.0880. The van der Waals surface area contributed by atoms with Crippen molar-refractivity contribution in [3.63, 3.8) is 0 Å². The molecule has 0 saturated carbocycles. The van der Waals surface area contributed by atoms with Gasteiger partial charge >= 0.3 is 6.03 Å². The summed E-state index contributed by atoms with van der Waals surface area (Å²) in [7, 11) is 3.60. The molecule has 0 aliphatic carbocycles. The second kappa shape index (κ2) is 2.73. The van der Waals surface area contributed by atoms with E-state index in [4.69, 9.17) is 0 Å². The zero-order valence-corrected chi connectivity index (χ0v) is 6.37. The van der Waals surface area contributed by atoms with E-state index in [-0.39, 0.29) is 6.03 Å². The van der Waals surface area contributed by atoms with Crippen LogP contribution in [0.3, 0.4) is 0 Å². The molecule has 3 nitrogen and oxygen atoms in total. The quantitative estimate of drug-likeness (QED) is 0.450. The molecule has 0 spiro atoms. The first kappa shape index (κ1) is 7.12. The van der Waals surface area contributed by atoms with Crippen molar-refractivity contribution in [2.24, 2.45) is 0 Å². The Labute approximate surface area is 60.9 Å². The van der Waals surface area contributed by atoms with Crippen LogP contribution in [0.4, 0.5) is 4.79 Å². The van der Waals surface area contributed by atoms with Crippen LogP contribution in [-0.4, -0.2) is 43.0 Å². The van der Waals surface area contributed by atoms with Gasteiger partial charge in [-0.2, -0.15) is 0 Å². The normalized spacial score (nSPS) is 19.6. The number of rotatable bonds is 0. The fourth-order valence-electron chi connectivity index (χ4n) is 0.913. The van der Waals surface area contributed by atoms with Crippen LogP contribution in [0.25, 0.3) is 0 Å². The van der Waals surface area contributed by atoms with E-state index in [2.05, 4.69) is 0 Å². The van der Waals surface area contributed by atoms with Crippen LogP contribution in [0, 0.1) is 0 Å². The molecule has 1 aliphatic heterocycles. The first-order chi connectivity index (χ1) is 4.72. The molecule has 56 valence electrons. The summed E-state index contributed by atoms with van der Waals surface area (Å²) in [6.07, 6.45) is 4.00. The molecular weight excluding hydrogens is 128 g/mol. The lowest BCUT2D eigenvalue weighted by molar-refractivity contribution is 0.184. The topological polar surface area (TPSA) is 23.6 Å². The van der Waals surface area contributed by atoms with E-state index < -0.39 is 0 Å². The van der Waals surface area contributed by atoms with Crippen LogP contribution < -0.4 is 0 Å². The maximum atomic E-state index is 11.2. The maximum absolute atomic E-state index is 11.2. The number of urea groups is 1. The zero-order chi connectivity index (χ0) is 7.56. The van der Waals surface area contributed by atoms with Gasteiger partial charge in [-0.15, -0.1) is 0 Å². The minimum Gasteiger partial charge on any atom is -0.324 e. The molecule has 0 saturated heterocycles. The molecule has 1 heterocycles. The highest BCUT2D eigenvalue weighted by Gasteiger charge is 2.13. The summed E-state index contributed by atoms with van der Waals surface area (Å²) in [4.78, 5) is 14.5. The lowest BCUT2D eigenvalue weighted by Gasteiger charge is -2.19. The molecule has 2 amide bonds.